The van der Waals surface area contributed by atoms with Crippen LogP contribution < -0.4 is 11.5 Å². The van der Waals surface area contributed by atoms with Crippen molar-refractivity contribution in [2.24, 2.45) is 0 Å². The Labute approximate surface area is 127 Å². The normalized spacial score (nSPS) is 10.4. The molecule has 0 aliphatic carbocycles. The highest BCUT2D eigenvalue weighted by atomic mass is 16.3. The number of rotatable bonds is 2. The van der Waals surface area contributed by atoms with Crippen molar-refractivity contribution >= 4 is 11.8 Å². The molecule has 0 atom stereocenters. The Morgan fingerprint density at radius 3 is 2.27 bits per heavy atom. The molecule has 0 amide bonds. The van der Waals surface area contributed by atoms with Gasteiger partial charge in [-0.25, -0.2) is 4.98 Å². The second-order valence-electron chi connectivity index (χ2n) is 4.79. The van der Waals surface area contributed by atoms with Crippen LogP contribution in [0.1, 0.15) is 11.3 Å². The molecule has 2 heterocycles. The number of hydrogen-bond donors (Lipinski definition) is 2. The van der Waals surface area contributed by atoms with E-state index in [-0.39, 0.29) is 17.3 Å². The SMILES string of the molecule is Cc1ccc(-c2ccc(-c3nc(N)nc(N)c3C#N)cc2)o1. The third-order valence-corrected chi connectivity index (χ3v) is 3.25. The summed E-state index contributed by atoms with van der Waals surface area (Å²) in [4.78, 5) is 7.93. The largest absolute Gasteiger partial charge is 0.461 e. The predicted molar refractivity (Wildman–Crippen MR) is 83.4 cm³/mol. The zero-order chi connectivity index (χ0) is 15.7. The zero-order valence-electron chi connectivity index (χ0n) is 11.9. The summed E-state index contributed by atoms with van der Waals surface area (Å²) in [5.74, 6) is 1.75. The van der Waals surface area contributed by atoms with Gasteiger partial charge in [-0.2, -0.15) is 10.2 Å². The van der Waals surface area contributed by atoms with Crippen molar-refractivity contribution in [3.05, 3.63) is 47.7 Å². The molecule has 6 nitrogen and oxygen atoms in total. The number of nitrogen functional groups attached to an aromatic ring is 2. The fraction of sp³-hybridized carbons (Fsp3) is 0.0625. The van der Waals surface area contributed by atoms with E-state index in [0.717, 1.165) is 22.6 Å². The molecule has 4 N–H and O–H groups in total. The lowest BCUT2D eigenvalue weighted by Gasteiger charge is -2.07. The van der Waals surface area contributed by atoms with E-state index < -0.39 is 0 Å². The minimum atomic E-state index is 0.0391. The molecular weight excluding hydrogens is 278 g/mol. The minimum absolute atomic E-state index is 0.0391. The molecule has 3 rings (SSSR count). The number of benzene rings is 1. The molecule has 0 radical (unpaired) electrons. The number of nitriles is 1. The predicted octanol–water partition coefficient (Wildman–Crippen LogP) is 2.75. The molecule has 22 heavy (non-hydrogen) atoms. The molecule has 0 spiro atoms. The van der Waals surface area contributed by atoms with Crippen LogP contribution in [-0.4, -0.2) is 9.97 Å². The highest BCUT2D eigenvalue weighted by molar-refractivity contribution is 5.74. The van der Waals surface area contributed by atoms with E-state index in [0.29, 0.717) is 5.69 Å². The first kappa shape index (κ1) is 13.6. The molecule has 108 valence electrons. The van der Waals surface area contributed by atoms with Crippen LogP contribution in [0.4, 0.5) is 11.8 Å². The molecule has 0 fully saturated rings. The van der Waals surface area contributed by atoms with Gasteiger partial charge < -0.3 is 15.9 Å². The number of furan rings is 1. The van der Waals surface area contributed by atoms with Crippen LogP contribution in [0, 0.1) is 18.3 Å². The zero-order valence-corrected chi connectivity index (χ0v) is 11.9. The standard InChI is InChI=1S/C16H13N5O/c1-9-2-7-13(22-9)10-3-5-11(6-4-10)14-12(8-17)15(18)21-16(19)20-14/h2-7H,1H3,(H4,18,19,20,21). The molecule has 1 aromatic carbocycles. The Morgan fingerprint density at radius 2 is 1.68 bits per heavy atom. The van der Waals surface area contributed by atoms with Gasteiger partial charge in [0.05, 0.1) is 5.69 Å². The van der Waals surface area contributed by atoms with E-state index in [1.54, 1.807) is 0 Å². The number of nitrogens with zero attached hydrogens (tertiary/aromatic N) is 3. The van der Waals surface area contributed by atoms with E-state index in [2.05, 4.69) is 9.97 Å². The Morgan fingerprint density at radius 1 is 1.00 bits per heavy atom. The van der Waals surface area contributed by atoms with Crippen molar-refractivity contribution in [1.82, 2.24) is 9.97 Å². The highest BCUT2D eigenvalue weighted by Crippen LogP contribution is 2.28. The lowest BCUT2D eigenvalue weighted by Crippen LogP contribution is -2.04. The number of nitrogens with two attached hydrogens (primary N) is 2. The molecule has 0 aliphatic rings. The van der Waals surface area contributed by atoms with Gasteiger partial charge in [0, 0.05) is 11.1 Å². The van der Waals surface area contributed by atoms with Crippen LogP contribution in [0.25, 0.3) is 22.6 Å². The van der Waals surface area contributed by atoms with Crippen molar-refractivity contribution in [1.29, 1.82) is 5.26 Å². The monoisotopic (exact) mass is 291 g/mol. The molecule has 6 heteroatoms. The quantitative estimate of drug-likeness (QED) is 0.750. The van der Waals surface area contributed by atoms with Crippen molar-refractivity contribution in [2.75, 3.05) is 11.5 Å². The van der Waals surface area contributed by atoms with Crippen molar-refractivity contribution in [2.45, 2.75) is 6.92 Å². The van der Waals surface area contributed by atoms with Gasteiger partial charge in [-0.05, 0) is 19.1 Å². The summed E-state index contributed by atoms with van der Waals surface area (Å²) in [5, 5.41) is 9.22. The third kappa shape index (κ3) is 2.36. The fourth-order valence-corrected chi connectivity index (χ4v) is 2.20. The van der Waals surface area contributed by atoms with Gasteiger partial charge in [0.2, 0.25) is 5.95 Å². The van der Waals surface area contributed by atoms with Crippen molar-refractivity contribution in [3.63, 3.8) is 0 Å². The fourth-order valence-electron chi connectivity index (χ4n) is 2.20. The topological polar surface area (TPSA) is 115 Å². The summed E-state index contributed by atoms with van der Waals surface area (Å²) in [7, 11) is 0. The van der Waals surface area contributed by atoms with Crippen LogP contribution in [0.15, 0.2) is 40.8 Å². The third-order valence-electron chi connectivity index (χ3n) is 3.25. The van der Waals surface area contributed by atoms with Crippen LogP contribution in [-0.2, 0) is 0 Å². The van der Waals surface area contributed by atoms with Gasteiger partial charge in [0.25, 0.3) is 0 Å². The maximum Gasteiger partial charge on any atom is 0.222 e. The minimum Gasteiger partial charge on any atom is -0.461 e. The number of aromatic nitrogens is 2. The Bertz CT molecular complexity index is 875. The molecular formula is C16H13N5O. The highest BCUT2D eigenvalue weighted by Gasteiger charge is 2.13. The van der Waals surface area contributed by atoms with Crippen LogP contribution >= 0.6 is 0 Å². The Hall–Kier alpha value is -3.33. The molecule has 0 bridgehead atoms. The lowest BCUT2D eigenvalue weighted by atomic mass is 10.0. The van der Waals surface area contributed by atoms with Crippen LogP contribution in [0.2, 0.25) is 0 Å². The summed E-state index contributed by atoms with van der Waals surface area (Å²) in [5.41, 5.74) is 13.7. The lowest BCUT2D eigenvalue weighted by molar-refractivity contribution is 0.548. The molecule has 3 aromatic rings. The summed E-state index contributed by atoms with van der Waals surface area (Å²) in [6, 6.07) is 13.3. The first-order valence-corrected chi connectivity index (χ1v) is 6.59. The Balaban J connectivity index is 2.06. The van der Waals surface area contributed by atoms with Gasteiger partial charge in [-0.3, -0.25) is 0 Å². The second-order valence-corrected chi connectivity index (χ2v) is 4.79. The maximum absolute atomic E-state index is 9.22. The smallest absolute Gasteiger partial charge is 0.222 e. The van der Waals surface area contributed by atoms with E-state index in [9.17, 15) is 5.26 Å². The average molecular weight is 291 g/mol. The average Bonchev–Trinajstić information content (AvgIpc) is 2.93. The molecule has 0 saturated carbocycles. The van der Waals surface area contributed by atoms with Crippen molar-refractivity contribution in [3.8, 4) is 28.7 Å². The Kier molecular flexibility index (Phi) is 3.24. The van der Waals surface area contributed by atoms with Crippen molar-refractivity contribution < 1.29 is 4.42 Å². The number of aryl methyl sites for hydroxylation is 1. The van der Waals surface area contributed by atoms with Gasteiger partial charge in [0.1, 0.15) is 29.0 Å². The molecule has 0 unspecified atom stereocenters. The van der Waals surface area contributed by atoms with Gasteiger partial charge >= 0.3 is 0 Å². The maximum atomic E-state index is 9.22. The van der Waals surface area contributed by atoms with Crippen LogP contribution in [0.5, 0.6) is 0 Å². The summed E-state index contributed by atoms with van der Waals surface area (Å²) in [6.45, 7) is 1.89. The van der Waals surface area contributed by atoms with E-state index >= 15 is 0 Å². The van der Waals surface area contributed by atoms with Gasteiger partial charge in [0.15, 0.2) is 0 Å². The number of hydrogen-bond acceptors (Lipinski definition) is 6. The first-order chi connectivity index (χ1) is 10.6. The molecule has 0 aliphatic heterocycles. The number of anilines is 2. The van der Waals surface area contributed by atoms with E-state index in [4.69, 9.17) is 15.9 Å². The molecule has 0 saturated heterocycles. The second kappa shape index (κ2) is 5.22. The van der Waals surface area contributed by atoms with E-state index in [1.807, 2.05) is 49.4 Å². The summed E-state index contributed by atoms with van der Waals surface area (Å²) in [6.07, 6.45) is 0. The van der Waals surface area contributed by atoms with Gasteiger partial charge in [-0.1, -0.05) is 24.3 Å². The molecule has 2 aromatic heterocycles. The summed E-state index contributed by atoms with van der Waals surface area (Å²) >= 11 is 0. The van der Waals surface area contributed by atoms with Gasteiger partial charge in [-0.15, -0.1) is 0 Å². The van der Waals surface area contributed by atoms with Crippen LogP contribution in [0.3, 0.4) is 0 Å². The summed E-state index contributed by atoms with van der Waals surface area (Å²) < 4.78 is 5.58. The van der Waals surface area contributed by atoms with E-state index in [1.165, 1.54) is 0 Å². The first-order valence-electron chi connectivity index (χ1n) is 6.59.